The normalized spacial score (nSPS) is 12.4. The zero-order valence-electron chi connectivity index (χ0n) is 16.9. The average Bonchev–Trinajstić information content (AvgIpc) is 3.27. The van der Waals surface area contributed by atoms with Crippen molar-refractivity contribution < 1.29 is 9.53 Å². The molecule has 3 rings (SSSR count). The molecule has 2 heterocycles. The molecule has 0 aliphatic carbocycles. The average molecular weight is 440 g/mol. The van der Waals surface area contributed by atoms with Crippen LogP contribution in [0.5, 0.6) is 5.75 Å². The van der Waals surface area contributed by atoms with Gasteiger partial charge >= 0.3 is 0 Å². The van der Waals surface area contributed by atoms with Crippen LogP contribution in [-0.4, -0.2) is 17.1 Å². The Morgan fingerprint density at radius 3 is 2.63 bits per heavy atom. The molecule has 30 heavy (non-hydrogen) atoms. The number of thiophene rings is 1. The molecule has 6 nitrogen and oxygen atoms in total. The summed E-state index contributed by atoms with van der Waals surface area (Å²) >= 11 is 2.73. The summed E-state index contributed by atoms with van der Waals surface area (Å²) in [5.41, 5.74) is 0.158. The number of nitriles is 1. The molecule has 154 valence electrons. The molecule has 0 bridgehead atoms. The number of nitrogens with one attached hydrogen (secondary N) is 1. The minimum Gasteiger partial charge on any atom is -0.492 e. The van der Waals surface area contributed by atoms with Gasteiger partial charge in [-0.05, 0) is 51.1 Å². The van der Waals surface area contributed by atoms with Crippen molar-refractivity contribution in [2.75, 3.05) is 11.9 Å². The SMILES string of the molecule is CCOc1ccccc1NC(=O)/C(C#N)=c1\s/c(=C\c2ccc(C)s2)c(=O)n1CC. The van der Waals surface area contributed by atoms with Crippen LogP contribution >= 0.6 is 22.7 Å². The van der Waals surface area contributed by atoms with E-state index in [4.69, 9.17) is 4.74 Å². The summed E-state index contributed by atoms with van der Waals surface area (Å²) in [7, 11) is 0. The van der Waals surface area contributed by atoms with E-state index in [9.17, 15) is 14.9 Å². The second-order valence-corrected chi connectivity index (χ2v) is 8.63. The fraction of sp³-hybridized carbons (Fsp3) is 0.227. The number of rotatable bonds is 6. The Hall–Kier alpha value is -3.15. The van der Waals surface area contributed by atoms with Gasteiger partial charge in [-0.15, -0.1) is 22.7 Å². The quantitative estimate of drug-likeness (QED) is 0.640. The number of para-hydroxylation sites is 2. The number of aromatic nitrogens is 1. The van der Waals surface area contributed by atoms with Crippen LogP contribution in [0.3, 0.4) is 0 Å². The highest BCUT2D eigenvalue weighted by Crippen LogP contribution is 2.24. The number of hydrogen-bond donors (Lipinski definition) is 1. The molecule has 8 heteroatoms. The van der Waals surface area contributed by atoms with E-state index in [1.165, 1.54) is 4.57 Å². The number of benzene rings is 1. The van der Waals surface area contributed by atoms with Gasteiger partial charge in [0.1, 0.15) is 16.5 Å². The molecule has 0 spiro atoms. The fourth-order valence-electron chi connectivity index (χ4n) is 2.88. The summed E-state index contributed by atoms with van der Waals surface area (Å²) in [6.45, 7) is 6.47. The highest BCUT2D eigenvalue weighted by atomic mass is 32.1. The maximum absolute atomic E-state index is 12.9. The van der Waals surface area contributed by atoms with Crippen LogP contribution in [0, 0.1) is 18.3 Å². The van der Waals surface area contributed by atoms with E-state index in [2.05, 4.69) is 5.32 Å². The van der Waals surface area contributed by atoms with Gasteiger partial charge in [0.05, 0.1) is 16.8 Å². The van der Waals surface area contributed by atoms with Gasteiger partial charge in [-0.2, -0.15) is 5.26 Å². The smallest absolute Gasteiger partial charge is 0.269 e. The molecular weight excluding hydrogens is 418 g/mol. The van der Waals surface area contributed by atoms with E-state index < -0.39 is 5.91 Å². The number of nitrogens with zero attached hydrogens (tertiary/aromatic N) is 2. The number of thiazole rings is 1. The monoisotopic (exact) mass is 439 g/mol. The molecule has 0 radical (unpaired) electrons. The third kappa shape index (κ3) is 4.53. The first-order valence-electron chi connectivity index (χ1n) is 9.43. The van der Waals surface area contributed by atoms with Crippen molar-refractivity contribution in [3.63, 3.8) is 0 Å². The molecule has 1 N–H and O–H groups in total. The number of carbonyl (C=O) groups excluding carboxylic acids is 1. The van der Waals surface area contributed by atoms with E-state index in [0.717, 1.165) is 21.1 Å². The standard InChI is InChI=1S/C22H21N3O3S2/c1-4-25-21(27)19(12-15-11-10-14(3)29-15)30-22(25)16(13-23)20(26)24-17-8-6-7-9-18(17)28-5-2/h6-12H,4-5H2,1-3H3,(H,24,26)/b19-12-,22-16-. The molecule has 2 aromatic heterocycles. The summed E-state index contributed by atoms with van der Waals surface area (Å²) in [4.78, 5) is 27.8. The summed E-state index contributed by atoms with van der Waals surface area (Å²) in [5, 5.41) is 12.5. The van der Waals surface area contributed by atoms with Crippen LogP contribution in [0.2, 0.25) is 0 Å². The first kappa shape index (κ1) is 21.6. The second kappa shape index (κ2) is 9.57. The number of anilines is 1. The Morgan fingerprint density at radius 2 is 2.00 bits per heavy atom. The van der Waals surface area contributed by atoms with E-state index in [0.29, 0.717) is 33.8 Å². The molecule has 1 aromatic carbocycles. The number of aryl methyl sites for hydroxylation is 1. The van der Waals surface area contributed by atoms with Gasteiger partial charge in [0, 0.05) is 16.3 Å². The summed E-state index contributed by atoms with van der Waals surface area (Å²) in [6, 6.07) is 12.9. The molecule has 0 aliphatic rings. The third-order valence-corrected chi connectivity index (χ3v) is 6.32. The van der Waals surface area contributed by atoms with E-state index >= 15 is 0 Å². The molecular formula is C22H21N3O3S2. The summed E-state index contributed by atoms with van der Waals surface area (Å²) in [5.74, 6) is -0.0570. The highest BCUT2D eigenvalue weighted by Gasteiger charge is 2.17. The van der Waals surface area contributed by atoms with Crippen LogP contribution in [0.1, 0.15) is 23.6 Å². The Balaban J connectivity index is 2.11. The third-order valence-electron chi connectivity index (χ3n) is 4.25. The Morgan fingerprint density at radius 1 is 1.23 bits per heavy atom. The van der Waals surface area contributed by atoms with E-state index in [1.54, 1.807) is 41.7 Å². The maximum Gasteiger partial charge on any atom is 0.269 e. The lowest BCUT2D eigenvalue weighted by Gasteiger charge is -2.10. The van der Waals surface area contributed by atoms with Gasteiger partial charge in [0.15, 0.2) is 5.57 Å². The van der Waals surface area contributed by atoms with Gasteiger partial charge < -0.3 is 10.1 Å². The lowest BCUT2D eigenvalue weighted by atomic mass is 10.2. The van der Waals surface area contributed by atoms with Crippen molar-refractivity contribution in [3.8, 4) is 11.8 Å². The lowest BCUT2D eigenvalue weighted by Crippen LogP contribution is -2.33. The molecule has 0 aliphatic heterocycles. The largest absolute Gasteiger partial charge is 0.492 e. The van der Waals surface area contributed by atoms with Crippen molar-refractivity contribution >= 4 is 45.9 Å². The van der Waals surface area contributed by atoms with Gasteiger partial charge in [-0.25, -0.2) is 0 Å². The number of carbonyl (C=O) groups is 1. The molecule has 0 fully saturated rings. The minimum atomic E-state index is -0.577. The Labute approximate surface area is 182 Å². The molecule has 0 saturated carbocycles. The van der Waals surface area contributed by atoms with Crippen LogP contribution in [0.25, 0.3) is 11.6 Å². The van der Waals surface area contributed by atoms with Crippen LogP contribution in [0.15, 0.2) is 41.2 Å². The second-order valence-electron chi connectivity index (χ2n) is 6.28. The van der Waals surface area contributed by atoms with Crippen molar-refractivity contribution in [2.45, 2.75) is 27.3 Å². The fourth-order valence-corrected chi connectivity index (χ4v) is 4.93. The first-order valence-corrected chi connectivity index (χ1v) is 11.1. The number of ether oxygens (including phenoxy) is 1. The number of amides is 1. The van der Waals surface area contributed by atoms with E-state index in [-0.39, 0.29) is 11.1 Å². The maximum atomic E-state index is 12.9. The molecule has 1 amide bonds. The molecule has 3 aromatic rings. The van der Waals surface area contributed by atoms with Crippen molar-refractivity contribution in [1.29, 1.82) is 5.26 Å². The molecule has 0 unspecified atom stereocenters. The van der Waals surface area contributed by atoms with Crippen LogP contribution < -0.4 is 24.8 Å². The Kier molecular flexibility index (Phi) is 6.87. The first-order chi connectivity index (χ1) is 14.5. The van der Waals surface area contributed by atoms with Gasteiger partial charge in [-0.1, -0.05) is 12.1 Å². The zero-order chi connectivity index (χ0) is 21.7. The van der Waals surface area contributed by atoms with E-state index in [1.807, 2.05) is 39.0 Å². The lowest BCUT2D eigenvalue weighted by molar-refractivity contribution is -0.111. The predicted molar refractivity (Wildman–Crippen MR) is 121 cm³/mol. The molecule has 0 saturated heterocycles. The highest BCUT2D eigenvalue weighted by molar-refractivity contribution is 7.13. The van der Waals surface area contributed by atoms with Crippen molar-refractivity contribution in [1.82, 2.24) is 4.57 Å². The number of hydrogen-bond acceptors (Lipinski definition) is 6. The van der Waals surface area contributed by atoms with Gasteiger partial charge in [-0.3, -0.25) is 14.2 Å². The van der Waals surface area contributed by atoms with Gasteiger partial charge in [0.2, 0.25) is 0 Å². The van der Waals surface area contributed by atoms with Crippen LogP contribution in [0.4, 0.5) is 5.69 Å². The van der Waals surface area contributed by atoms with Crippen molar-refractivity contribution in [3.05, 3.63) is 65.7 Å². The van der Waals surface area contributed by atoms with Gasteiger partial charge in [0.25, 0.3) is 11.5 Å². The topological polar surface area (TPSA) is 84.1 Å². The van der Waals surface area contributed by atoms with Crippen LogP contribution in [-0.2, 0) is 11.3 Å². The zero-order valence-corrected chi connectivity index (χ0v) is 18.5. The summed E-state index contributed by atoms with van der Waals surface area (Å²) in [6.07, 6.45) is 1.80. The predicted octanol–water partition coefficient (Wildman–Crippen LogP) is 2.84. The Bertz CT molecular complexity index is 1290. The minimum absolute atomic E-state index is 0.104. The van der Waals surface area contributed by atoms with Crippen molar-refractivity contribution in [2.24, 2.45) is 0 Å². The summed E-state index contributed by atoms with van der Waals surface area (Å²) < 4.78 is 7.83. The molecule has 0 atom stereocenters.